The van der Waals surface area contributed by atoms with E-state index in [4.69, 9.17) is 27.4 Å². The minimum absolute atomic E-state index is 0.119. The van der Waals surface area contributed by atoms with Gasteiger partial charge in [0.05, 0.1) is 51.4 Å². The number of rotatable bonds is 13. The van der Waals surface area contributed by atoms with Crippen LogP contribution >= 0.6 is 7.82 Å². The van der Waals surface area contributed by atoms with Gasteiger partial charge in [0.2, 0.25) is 0 Å². The first-order chi connectivity index (χ1) is 15.0. The maximum Gasteiger partial charge on any atom is 0.472 e. The largest absolute Gasteiger partial charge is 0.472 e. The Bertz CT molecular complexity index is 888. The van der Waals surface area contributed by atoms with Crippen LogP contribution in [0, 0.1) is 0 Å². The Hall–Kier alpha value is -2.43. The monoisotopic (exact) mass is 474 g/mol. The molecule has 0 aliphatic carbocycles. The Morgan fingerprint density at radius 3 is 2.12 bits per heavy atom. The molecule has 32 heavy (non-hydrogen) atoms. The predicted octanol–water partition coefficient (Wildman–Crippen LogP) is 2.87. The number of likely N-dealkylation sites (N-methyl/N-ethyl adjacent to an activating group) is 1. The number of phosphoric acid groups is 1. The van der Waals surface area contributed by atoms with Crippen LogP contribution in [0.3, 0.4) is 0 Å². The molecule has 2 aromatic heterocycles. The second-order valence-electron chi connectivity index (χ2n) is 8.02. The number of quaternary nitrogens is 1. The average Bonchev–Trinajstić information content (AvgIpc) is 3.42. The molecule has 0 saturated carbocycles. The summed E-state index contributed by atoms with van der Waals surface area (Å²) in [6.07, 6.45) is 3.73. The van der Waals surface area contributed by atoms with Gasteiger partial charge in [0, 0.05) is 0 Å². The van der Waals surface area contributed by atoms with Gasteiger partial charge in [0.15, 0.2) is 6.10 Å². The third-order valence-corrected chi connectivity index (χ3v) is 5.14. The number of carbonyl (C=O) groups is 2. The summed E-state index contributed by atoms with van der Waals surface area (Å²) in [5, 5.41) is 0. The van der Waals surface area contributed by atoms with Gasteiger partial charge in [-0.25, -0.2) is 14.2 Å². The Labute approximate surface area is 186 Å². The number of carbonyl (C=O) groups excluding carboxylic acids is 2. The summed E-state index contributed by atoms with van der Waals surface area (Å²) in [7, 11) is 1.30. The highest BCUT2D eigenvalue weighted by Crippen LogP contribution is 2.45. The summed E-state index contributed by atoms with van der Waals surface area (Å²) < 4.78 is 43.3. The molecule has 2 unspecified atom stereocenters. The number of hydrogen-bond donors (Lipinski definition) is 1. The summed E-state index contributed by atoms with van der Waals surface area (Å²) in [5.41, 5.74) is 0.279. The molecule has 2 rings (SSSR count). The van der Waals surface area contributed by atoms with Crippen molar-refractivity contribution in [1.82, 2.24) is 0 Å². The minimum atomic E-state index is -4.48. The normalized spacial score (nSPS) is 15.5. The van der Waals surface area contributed by atoms with Crippen molar-refractivity contribution < 1.29 is 50.9 Å². The molecule has 11 nitrogen and oxygen atoms in total. The van der Waals surface area contributed by atoms with E-state index in [1.165, 1.54) is 37.2 Å². The molecule has 2 aromatic rings. The lowest BCUT2D eigenvalue weighted by molar-refractivity contribution is -0.873. The first kappa shape index (κ1) is 25.8. The zero-order valence-electron chi connectivity index (χ0n) is 18.5. The Balaban J connectivity index is 1.99. The maximum atomic E-state index is 12.4. The van der Waals surface area contributed by atoms with Crippen molar-refractivity contribution in [3.63, 3.8) is 0 Å². The zero-order chi connectivity index (χ0) is 23.8. The molecular weight excluding hydrogens is 445 g/mol. The van der Waals surface area contributed by atoms with E-state index in [1.54, 1.807) is 0 Å². The quantitative estimate of drug-likeness (QED) is 0.262. The van der Waals surface area contributed by atoms with Crippen molar-refractivity contribution in [1.29, 1.82) is 0 Å². The smallest absolute Gasteiger partial charge is 0.472 e. The van der Waals surface area contributed by atoms with Crippen LogP contribution in [0.15, 0.2) is 46.0 Å². The molecule has 1 N–H and O–H groups in total. The van der Waals surface area contributed by atoms with E-state index in [0.717, 1.165) is 0 Å². The van der Waals surface area contributed by atoms with E-state index in [0.29, 0.717) is 17.4 Å². The van der Waals surface area contributed by atoms with Gasteiger partial charge in [-0.05, 0) is 18.6 Å². The number of nitrogens with zero attached hydrogens (tertiary/aromatic N) is 1. The summed E-state index contributed by atoms with van der Waals surface area (Å²) in [4.78, 5) is 34.4. The number of ether oxygens (including phenoxy) is 2. The van der Waals surface area contributed by atoms with Gasteiger partial charge < -0.3 is 27.7 Å². The molecule has 12 heteroatoms. The van der Waals surface area contributed by atoms with Gasteiger partial charge in [-0.1, -0.05) is 6.92 Å². The molecular formula is C20H29NO10P+. The number of esters is 2. The molecule has 0 aliphatic rings. The zero-order valence-corrected chi connectivity index (χ0v) is 19.4. The molecule has 0 bridgehead atoms. The minimum Gasteiger partial charge on any atom is -0.472 e. The fraction of sp³-hybridized carbons (Fsp3) is 0.500. The van der Waals surface area contributed by atoms with Crippen molar-refractivity contribution in [2.75, 3.05) is 40.9 Å². The number of phosphoric ester groups is 1. The highest BCUT2D eigenvalue weighted by Gasteiger charge is 2.31. The molecule has 3 atom stereocenters. The van der Waals surface area contributed by atoms with Crippen LogP contribution in [-0.4, -0.2) is 74.4 Å². The van der Waals surface area contributed by atoms with Crippen LogP contribution in [-0.2, 0) is 23.1 Å². The van der Waals surface area contributed by atoms with E-state index < -0.39 is 45.2 Å². The lowest BCUT2D eigenvalue weighted by atomic mass is 10.2. The SMILES string of the molecule is CCC(C[N+](C)(C)C)OP(=O)(O)OC[C@@H](COC(=O)c1ccoc1)OC(=O)c1ccoc1. The van der Waals surface area contributed by atoms with Gasteiger partial charge in [0.1, 0.15) is 31.8 Å². The second kappa shape index (κ2) is 11.4. The Kier molecular flexibility index (Phi) is 9.23. The van der Waals surface area contributed by atoms with Crippen molar-refractivity contribution in [3.05, 3.63) is 48.3 Å². The molecule has 178 valence electrons. The van der Waals surface area contributed by atoms with Crippen LogP contribution in [0.4, 0.5) is 0 Å². The van der Waals surface area contributed by atoms with Crippen LogP contribution in [0.1, 0.15) is 34.1 Å². The van der Waals surface area contributed by atoms with Crippen LogP contribution in [0.25, 0.3) is 0 Å². The fourth-order valence-electron chi connectivity index (χ4n) is 2.59. The van der Waals surface area contributed by atoms with Gasteiger partial charge in [0.25, 0.3) is 0 Å². The van der Waals surface area contributed by atoms with E-state index >= 15 is 0 Å². The fourth-order valence-corrected chi connectivity index (χ4v) is 3.60. The van der Waals surface area contributed by atoms with Crippen molar-refractivity contribution in [2.45, 2.75) is 25.6 Å². The topological polar surface area (TPSA) is 135 Å². The predicted molar refractivity (Wildman–Crippen MR) is 111 cm³/mol. The number of hydrogen-bond acceptors (Lipinski definition) is 9. The molecule has 0 spiro atoms. The molecule has 0 aliphatic heterocycles. The lowest BCUT2D eigenvalue weighted by Crippen LogP contribution is -2.42. The van der Waals surface area contributed by atoms with Gasteiger partial charge >= 0.3 is 19.8 Å². The molecule has 0 aromatic carbocycles. The van der Waals surface area contributed by atoms with Crippen molar-refractivity contribution in [3.8, 4) is 0 Å². The second-order valence-corrected chi connectivity index (χ2v) is 9.43. The van der Waals surface area contributed by atoms with E-state index in [9.17, 15) is 19.0 Å². The average molecular weight is 474 g/mol. The maximum absolute atomic E-state index is 12.4. The molecule has 0 saturated heterocycles. The standard InChI is InChI=1S/C20H28NO10P/c1-5-17(10-21(2,3)4)31-32(24,25)29-14-18(30-20(23)16-7-9-27-12-16)13-28-19(22)15-6-8-26-11-15/h6-9,11-12,17-18H,5,10,13-14H2,1-4H3/p+1/t17?,18-/m1/s1. The van der Waals surface area contributed by atoms with Crippen LogP contribution in [0.2, 0.25) is 0 Å². The molecule has 0 radical (unpaired) electrons. The van der Waals surface area contributed by atoms with Gasteiger partial charge in [-0.3, -0.25) is 9.05 Å². The third kappa shape index (κ3) is 8.97. The van der Waals surface area contributed by atoms with E-state index in [1.807, 2.05) is 28.1 Å². The highest BCUT2D eigenvalue weighted by molar-refractivity contribution is 7.47. The van der Waals surface area contributed by atoms with E-state index in [2.05, 4.69) is 0 Å². The van der Waals surface area contributed by atoms with Gasteiger partial charge in [-0.15, -0.1) is 0 Å². The third-order valence-electron chi connectivity index (χ3n) is 4.10. The summed E-state index contributed by atoms with van der Waals surface area (Å²) in [6.45, 7) is 1.33. The Morgan fingerprint density at radius 1 is 1.03 bits per heavy atom. The molecule has 0 fully saturated rings. The molecule has 0 amide bonds. The Morgan fingerprint density at radius 2 is 1.62 bits per heavy atom. The van der Waals surface area contributed by atoms with Crippen molar-refractivity contribution in [2.24, 2.45) is 0 Å². The summed E-state index contributed by atoms with van der Waals surface area (Å²) in [5.74, 6) is -1.50. The first-order valence-electron chi connectivity index (χ1n) is 9.88. The van der Waals surface area contributed by atoms with Crippen LogP contribution in [0.5, 0.6) is 0 Å². The summed E-state index contributed by atoms with van der Waals surface area (Å²) in [6, 6.07) is 2.79. The van der Waals surface area contributed by atoms with Crippen molar-refractivity contribution >= 4 is 19.8 Å². The summed E-state index contributed by atoms with van der Waals surface area (Å²) >= 11 is 0. The molecule has 2 heterocycles. The van der Waals surface area contributed by atoms with E-state index in [-0.39, 0.29) is 11.1 Å². The first-order valence-corrected chi connectivity index (χ1v) is 11.4. The van der Waals surface area contributed by atoms with Gasteiger partial charge in [-0.2, -0.15) is 0 Å². The highest BCUT2D eigenvalue weighted by atomic mass is 31.2. The number of furan rings is 2. The lowest BCUT2D eigenvalue weighted by Gasteiger charge is -2.29. The van der Waals surface area contributed by atoms with Crippen LogP contribution < -0.4 is 0 Å².